The predicted octanol–water partition coefficient (Wildman–Crippen LogP) is 1.31. The first-order valence-electron chi connectivity index (χ1n) is 7.38. The van der Waals surface area contributed by atoms with E-state index in [4.69, 9.17) is 0 Å². The second-order valence-electron chi connectivity index (χ2n) is 5.52. The molecule has 1 heterocycles. The summed E-state index contributed by atoms with van der Waals surface area (Å²) in [4.78, 5) is 26.0. The molecule has 1 aromatic rings. The lowest BCUT2D eigenvalue weighted by molar-refractivity contribution is -0.139. The average molecular weight is 289 g/mol. The standard InChI is InChI=1S/C16H23N3O2/c1-4-19(16(21)13-8-17-9-13)10-14(20)18-15-11(2)6-5-7-12(15)3/h5-7,13,17H,4,8-10H2,1-3H3,(H,18,20). The van der Waals surface area contributed by atoms with Crippen molar-refractivity contribution >= 4 is 17.5 Å². The number of carbonyl (C=O) groups is 2. The van der Waals surface area contributed by atoms with E-state index in [1.54, 1.807) is 4.90 Å². The van der Waals surface area contributed by atoms with Gasteiger partial charge in [-0.15, -0.1) is 0 Å². The zero-order valence-electron chi connectivity index (χ0n) is 12.9. The van der Waals surface area contributed by atoms with E-state index in [2.05, 4.69) is 10.6 Å². The summed E-state index contributed by atoms with van der Waals surface area (Å²) in [5.41, 5.74) is 2.90. The van der Waals surface area contributed by atoms with Gasteiger partial charge in [-0.2, -0.15) is 0 Å². The van der Waals surface area contributed by atoms with Crippen LogP contribution in [0.4, 0.5) is 5.69 Å². The zero-order chi connectivity index (χ0) is 15.4. The Morgan fingerprint density at radius 3 is 2.38 bits per heavy atom. The van der Waals surface area contributed by atoms with Crippen molar-refractivity contribution in [2.24, 2.45) is 5.92 Å². The lowest BCUT2D eigenvalue weighted by atomic mass is 10.0. The maximum atomic E-state index is 12.2. The molecule has 1 aliphatic rings. The summed E-state index contributed by atoms with van der Waals surface area (Å²) in [6.07, 6.45) is 0. The third-order valence-corrected chi connectivity index (χ3v) is 3.90. The Morgan fingerprint density at radius 2 is 1.90 bits per heavy atom. The number of likely N-dealkylation sites (N-methyl/N-ethyl adjacent to an activating group) is 1. The Kier molecular flexibility index (Phi) is 4.96. The Morgan fingerprint density at radius 1 is 1.29 bits per heavy atom. The van der Waals surface area contributed by atoms with E-state index >= 15 is 0 Å². The van der Waals surface area contributed by atoms with Crippen molar-refractivity contribution < 1.29 is 9.59 Å². The monoisotopic (exact) mass is 289 g/mol. The van der Waals surface area contributed by atoms with Crippen LogP contribution in [0.2, 0.25) is 0 Å². The highest BCUT2D eigenvalue weighted by Crippen LogP contribution is 2.19. The van der Waals surface area contributed by atoms with Crippen molar-refractivity contribution in [1.82, 2.24) is 10.2 Å². The lowest BCUT2D eigenvalue weighted by Crippen LogP contribution is -2.53. The fraction of sp³-hybridized carbons (Fsp3) is 0.500. The van der Waals surface area contributed by atoms with Crippen molar-refractivity contribution in [2.45, 2.75) is 20.8 Å². The molecule has 21 heavy (non-hydrogen) atoms. The molecule has 5 heteroatoms. The van der Waals surface area contributed by atoms with E-state index in [0.717, 1.165) is 16.8 Å². The molecule has 0 aromatic heterocycles. The Labute approximate surface area is 125 Å². The van der Waals surface area contributed by atoms with Crippen LogP contribution in [0.3, 0.4) is 0 Å². The van der Waals surface area contributed by atoms with Crippen LogP contribution in [0.5, 0.6) is 0 Å². The van der Waals surface area contributed by atoms with Crippen LogP contribution >= 0.6 is 0 Å². The number of para-hydroxylation sites is 1. The molecular formula is C16H23N3O2. The number of anilines is 1. The van der Waals surface area contributed by atoms with Gasteiger partial charge in [-0.3, -0.25) is 9.59 Å². The van der Waals surface area contributed by atoms with Gasteiger partial charge in [-0.25, -0.2) is 0 Å². The molecule has 0 spiro atoms. The molecule has 1 aliphatic heterocycles. The highest BCUT2D eigenvalue weighted by molar-refractivity contribution is 5.96. The zero-order valence-corrected chi connectivity index (χ0v) is 12.9. The number of rotatable bonds is 5. The summed E-state index contributed by atoms with van der Waals surface area (Å²) in [5.74, 6) is -0.0549. The fourth-order valence-electron chi connectivity index (χ4n) is 2.43. The minimum Gasteiger partial charge on any atom is -0.333 e. The van der Waals surface area contributed by atoms with Gasteiger partial charge < -0.3 is 15.5 Å². The quantitative estimate of drug-likeness (QED) is 0.859. The Hall–Kier alpha value is -1.88. The first-order chi connectivity index (χ1) is 10.0. The number of hydrogen-bond donors (Lipinski definition) is 2. The third-order valence-electron chi connectivity index (χ3n) is 3.90. The average Bonchev–Trinajstić information content (AvgIpc) is 2.38. The van der Waals surface area contributed by atoms with Crippen molar-refractivity contribution in [3.05, 3.63) is 29.3 Å². The van der Waals surface area contributed by atoms with Crippen molar-refractivity contribution in [3.8, 4) is 0 Å². The SMILES string of the molecule is CCN(CC(=O)Nc1c(C)cccc1C)C(=O)C1CNC1. The molecule has 2 rings (SSSR count). The van der Waals surface area contributed by atoms with E-state index in [9.17, 15) is 9.59 Å². The molecule has 0 unspecified atom stereocenters. The van der Waals surface area contributed by atoms with Crippen LogP contribution in [-0.2, 0) is 9.59 Å². The van der Waals surface area contributed by atoms with Gasteiger partial charge in [0.05, 0.1) is 12.5 Å². The van der Waals surface area contributed by atoms with Gasteiger partial charge in [0.15, 0.2) is 0 Å². The number of nitrogens with zero attached hydrogens (tertiary/aromatic N) is 1. The molecule has 2 amide bonds. The Balaban J connectivity index is 1.98. The smallest absolute Gasteiger partial charge is 0.244 e. The van der Waals surface area contributed by atoms with E-state index in [1.165, 1.54) is 0 Å². The molecule has 1 aromatic carbocycles. The second-order valence-corrected chi connectivity index (χ2v) is 5.52. The largest absolute Gasteiger partial charge is 0.333 e. The van der Waals surface area contributed by atoms with E-state index < -0.39 is 0 Å². The minimum atomic E-state index is -0.144. The lowest BCUT2D eigenvalue weighted by Gasteiger charge is -2.31. The van der Waals surface area contributed by atoms with Crippen molar-refractivity contribution in [3.63, 3.8) is 0 Å². The topological polar surface area (TPSA) is 61.4 Å². The van der Waals surface area contributed by atoms with Crippen molar-refractivity contribution in [1.29, 1.82) is 0 Å². The van der Waals surface area contributed by atoms with Gasteiger partial charge in [0.1, 0.15) is 0 Å². The van der Waals surface area contributed by atoms with Crippen LogP contribution in [0.1, 0.15) is 18.1 Å². The highest BCUT2D eigenvalue weighted by Gasteiger charge is 2.29. The molecule has 0 radical (unpaired) electrons. The van der Waals surface area contributed by atoms with E-state index in [-0.39, 0.29) is 24.3 Å². The van der Waals surface area contributed by atoms with Crippen LogP contribution in [0.25, 0.3) is 0 Å². The molecule has 2 N–H and O–H groups in total. The summed E-state index contributed by atoms with van der Waals surface area (Å²) >= 11 is 0. The summed E-state index contributed by atoms with van der Waals surface area (Å²) in [6.45, 7) is 7.92. The van der Waals surface area contributed by atoms with Crippen LogP contribution < -0.4 is 10.6 Å². The summed E-state index contributed by atoms with van der Waals surface area (Å²) in [6, 6.07) is 5.89. The van der Waals surface area contributed by atoms with Gasteiger partial charge >= 0.3 is 0 Å². The van der Waals surface area contributed by atoms with Crippen LogP contribution in [-0.4, -0.2) is 42.9 Å². The van der Waals surface area contributed by atoms with Crippen LogP contribution in [0.15, 0.2) is 18.2 Å². The number of nitrogens with one attached hydrogen (secondary N) is 2. The summed E-state index contributed by atoms with van der Waals surface area (Å²) in [5, 5.41) is 6.01. The molecule has 0 aliphatic carbocycles. The van der Waals surface area contributed by atoms with Gasteiger partial charge in [0, 0.05) is 25.3 Å². The number of aryl methyl sites for hydroxylation is 2. The Bertz CT molecular complexity index is 518. The minimum absolute atomic E-state index is 0.0259. The molecule has 1 fully saturated rings. The predicted molar refractivity (Wildman–Crippen MR) is 83.2 cm³/mol. The number of hydrogen-bond acceptors (Lipinski definition) is 3. The van der Waals surface area contributed by atoms with Gasteiger partial charge in [0.25, 0.3) is 0 Å². The first kappa shape index (κ1) is 15.5. The van der Waals surface area contributed by atoms with E-state index in [0.29, 0.717) is 19.6 Å². The van der Waals surface area contributed by atoms with E-state index in [1.807, 2.05) is 39.0 Å². The van der Waals surface area contributed by atoms with Gasteiger partial charge in [-0.05, 0) is 31.9 Å². The summed E-state index contributed by atoms with van der Waals surface area (Å²) < 4.78 is 0. The number of carbonyl (C=O) groups excluding carboxylic acids is 2. The molecule has 5 nitrogen and oxygen atoms in total. The molecule has 1 saturated heterocycles. The maximum absolute atomic E-state index is 12.2. The molecular weight excluding hydrogens is 266 g/mol. The van der Waals surface area contributed by atoms with Gasteiger partial charge in [0.2, 0.25) is 11.8 Å². The van der Waals surface area contributed by atoms with Crippen LogP contribution in [0, 0.1) is 19.8 Å². The highest BCUT2D eigenvalue weighted by atomic mass is 16.2. The number of amides is 2. The fourth-order valence-corrected chi connectivity index (χ4v) is 2.43. The third kappa shape index (κ3) is 3.61. The first-order valence-corrected chi connectivity index (χ1v) is 7.38. The molecule has 0 bridgehead atoms. The van der Waals surface area contributed by atoms with Gasteiger partial charge in [-0.1, -0.05) is 18.2 Å². The molecule has 0 saturated carbocycles. The number of benzene rings is 1. The molecule has 0 atom stereocenters. The normalized spacial score (nSPS) is 14.4. The summed E-state index contributed by atoms with van der Waals surface area (Å²) in [7, 11) is 0. The molecule has 114 valence electrons. The second kappa shape index (κ2) is 6.72. The van der Waals surface area contributed by atoms with Crippen molar-refractivity contribution in [2.75, 3.05) is 31.5 Å². The maximum Gasteiger partial charge on any atom is 0.244 e.